The molecule has 2 unspecified atom stereocenters. The van der Waals surface area contributed by atoms with Gasteiger partial charge in [-0.2, -0.15) is 0 Å². The Kier molecular flexibility index (Phi) is 3.52. The monoisotopic (exact) mass is 293 g/mol. The Morgan fingerprint density at radius 3 is 2.80 bits per heavy atom. The Morgan fingerprint density at radius 2 is 2.20 bits per heavy atom. The van der Waals surface area contributed by atoms with E-state index in [1.54, 1.807) is 13.1 Å². The molecular formula is C14H19N3O2S. The third-order valence-electron chi connectivity index (χ3n) is 4.21. The first-order valence-electron chi connectivity index (χ1n) is 6.99. The van der Waals surface area contributed by atoms with E-state index in [4.69, 9.17) is 5.73 Å². The van der Waals surface area contributed by atoms with Crippen LogP contribution < -0.4 is 11.1 Å². The van der Waals surface area contributed by atoms with Gasteiger partial charge < -0.3 is 16.0 Å². The molecular weight excluding hydrogens is 274 g/mol. The number of nitrogens with zero attached hydrogens (tertiary/aromatic N) is 1. The Labute approximate surface area is 122 Å². The molecule has 1 aliphatic heterocycles. The topological polar surface area (TPSA) is 75.2 Å². The number of amides is 2. The van der Waals surface area contributed by atoms with Crippen molar-refractivity contribution in [1.29, 1.82) is 0 Å². The number of carbonyl (C=O) groups is 2. The third-order valence-corrected chi connectivity index (χ3v) is 5.39. The minimum atomic E-state index is -0.178. The molecule has 6 heteroatoms. The van der Waals surface area contributed by atoms with Crippen molar-refractivity contribution in [1.82, 2.24) is 10.2 Å². The molecule has 0 aromatic carbocycles. The molecule has 2 fully saturated rings. The molecule has 0 radical (unpaired) electrons. The summed E-state index contributed by atoms with van der Waals surface area (Å²) in [7, 11) is 1.61. The number of thiophene rings is 1. The summed E-state index contributed by atoms with van der Waals surface area (Å²) in [5.74, 6) is 0.406. The highest BCUT2D eigenvalue weighted by atomic mass is 32.1. The average molecular weight is 293 g/mol. The van der Waals surface area contributed by atoms with E-state index in [2.05, 4.69) is 5.32 Å². The van der Waals surface area contributed by atoms with E-state index in [0.717, 1.165) is 24.3 Å². The number of hydrogen-bond acceptors (Lipinski definition) is 4. The van der Waals surface area contributed by atoms with Gasteiger partial charge in [0.1, 0.15) is 0 Å². The maximum absolute atomic E-state index is 12.1. The normalized spacial score (nSPS) is 23.1. The molecule has 3 N–H and O–H groups in total. The second-order valence-corrected chi connectivity index (χ2v) is 6.61. The molecule has 0 bridgehead atoms. The first-order chi connectivity index (χ1) is 9.61. The van der Waals surface area contributed by atoms with Crippen LogP contribution in [0.25, 0.3) is 0 Å². The van der Waals surface area contributed by atoms with Gasteiger partial charge in [-0.1, -0.05) is 6.42 Å². The molecule has 2 atom stereocenters. The quantitative estimate of drug-likeness (QED) is 0.817. The Hall–Kier alpha value is -1.40. The molecule has 1 saturated heterocycles. The van der Waals surface area contributed by atoms with Crippen LogP contribution in [0.4, 0.5) is 0 Å². The van der Waals surface area contributed by atoms with E-state index in [1.807, 2.05) is 11.0 Å². The van der Waals surface area contributed by atoms with Crippen LogP contribution in [-0.2, 0) is 4.79 Å². The fourth-order valence-corrected chi connectivity index (χ4v) is 3.59. The van der Waals surface area contributed by atoms with Crippen LogP contribution in [0.15, 0.2) is 12.1 Å². The zero-order chi connectivity index (χ0) is 14.3. The van der Waals surface area contributed by atoms with E-state index in [1.165, 1.54) is 17.8 Å². The second kappa shape index (κ2) is 5.18. The zero-order valence-corrected chi connectivity index (χ0v) is 12.3. The lowest BCUT2D eigenvalue weighted by Crippen LogP contribution is -2.31. The summed E-state index contributed by atoms with van der Waals surface area (Å²) in [5, 5.41) is 2.60. The Balaban J connectivity index is 1.62. The number of nitrogens with one attached hydrogen (secondary N) is 1. The van der Waals surface area contributed by atoms with Crippen LogP contribution in [0.5, 0.6) is 0 Å². The summed E-state index contributed by atoms with van der Waals surface area (Å²) >= 11 is 1.41. The van der Waals surface area contributed by atoms with Crippen LogP contribution >= 0.6 is 11.3 Å². The summed E-state index contributed by atoms with van der Waals surface area (Å²) < 4.78 is 0. The van der Waals surface area contributed by atoms with Crippen molar-refractivity contribution < 1.29 is 9.59 Å². The number of carbonyl (C=O) groups excluding carboxylic acids is 2. The lowest BCUT2D eigenvalue weighted by atomic mass is 9.85. The van der Waals surface area contributed by atoms with Crippen molar-refractivity contribution in [2.75, 3.05) is 13.6 Å². The van der Waals surface area contributed by atoms with Crippen molar-refractivity contribution in [2.24, 2.45) is 11.7 Å². The van der Waals surface area contributed by atoms with Gasteiger partial charge in [0.25, 0.3) is 5.91 Å². The van der Waals surface area contributed by atoms with Gasteiger partial charge in [0.15, 0.2) is 0 Å². The Morgan fingerprint density at radius 1 is 1.45 bits per heavy atom. The molecule has 0 spiro atoms. The van der Waals surface area contributed by atoms with Gasteiger partial charge in [-0.15, -0.1) is 11.3 Å². The van der Waals surface area contributed by atoms with Crippen molar-refractivity contribution >= 4 is 23.2 Å². The highest BCUT2D eigenvalue weighted by Crippen LogP contribution is 2.37. The fraction of sp³-hybridized carbons (Fsp3) is 0.571. The second-order valence-electron chi connectivity index (χ2n) is 5.49. The van der Waals surface area contributed by atoms with E-state index in [0.29, 0.717) is 4.88 Å². The van der Waals surface area contributed by atoms with Crippen molar-refractivity contribution in [2.45, 2.75) is 31.3 Å². The minimum absolute atomic E-state index is 0.0911. The standard InChI is InChI=1S/C14H19N3O2S/c1-16-13(18)11-6-5-10(20-11)12(15)9-7-17(9)14(19)8-3-2-4-8/h5-6,8-9,12H,2-4,7,15H2,1H3,(H,16,18). The van der Waals surface area contributed by atoms with E-state index in [-0.39, 0.29) is 29.8 Å². The highest BCUT2D eigenvalue weighted by Gasteiger charge is 2.46. The molecule has 1 aliphatic carbocycles. The van der Waals surface area contributed by atoms with Gasteiger partial charge in [-0.3, -0.25) is 9.59 Å². The molecule has 3 rings (SSSR count). The predicted octanol–water partition coefficient (Wildman–Crippen LogP) is 1.12. The van der Waals surface area contributed by atoms with Crippen LogP contribution in [0.3, 0.4) is 0 Å². The average Bonchev–Trinajstić information content (AvgIpc) is 3.04. The predicted molar refractivity (Wildman–Crippen MR) is 77.5 cm³/mol. The summed E-state index contributed by atoms with van der Waals surface area (Å²) in [6.45, 7) is 0.754. The van der Waals surface area contributed by atoms with Crippen molar-refractivity contribution in [3.8, 4) is 0 Å². The molecule has 108 valence electrons. The smallest absolute Gasteiger partial charge is 0.261 e. The summed E-state index contributed by atoms with van der Waals surface area (Å²) in [4.78, 5) is 27.2. The molecule has 1 saturated carbocycles. The molecule has 20 heavy (non-hydrogen) atoms. The van der Waals surface area contributed by atoms with Gasteiger partial charge in [0.2, 0.25) is 5.91 Å². The lowest BCUT2D eigenvalue weighted by Gasteiger charge is -2.24. The maximum Gasteiger partial charge on any atom is 0.261 e. The van der Waals surface area contributed by atoms with E-state index in [9.17, 15) is 9.59 Å². The molecule has 2 heterocycles. The maximum atomic E-state index is 12.1. The largest absolute Gasteiger partial charge is 0.354 e. The number of nitrogens with two attached hydrogens (primary N) is 1. The van der Waals surface area contributed by atoms with Gasteiger partial charge in [-0.25, -0.2) is 0 Å². The first-order valence-corrected chi connectivity index (χ1v) is 7.81. The van der Waals surface area contributed by atoms with Gasteiger partial charge in [0.05, 0.1) is 17.0 Å². The summed E-state index contributed by atoms with van der Waals surface area (Å²) in [6.07, 6.45) is 3.22. The van der Waals surface area contributed by atoms with Crippen molar-refractivity contribution in [3.63, 3.8) is 0 Å². The lowest BCUT2D eigenvalue weighted by molar-refractivity contribution is -0.133. The van der Waals surface area contributed by atoms with Gasteiger partial charge in [0, 0.05) is 24.4 Å². The van der Waals surface area contributed by atoms with Crippen LogP contribution in [0.1, 0.15) is 39.9 Å². The minimum Gasteiger partial charge on any atom is -0.354 e. The summed E-state index contributed by atoms with van der Waals surface area (Å²) in [6, 6.07) is 3.62. The zero-order valence-electron chi connectivity index (χ0n) is 11.5. The van der Waals surface area contributed by atoms with Crippen molar-refractivity contribution in [3.05, 3.63) is 21.9 Å². The van der Waals surface area contributed by atoms with E-state index < -0.39 is 0 Å². The van der Waals surface area contributed by atoms with Gasteiger partial charge in [-0.05, 0) is 25.0 Å². The van der Waals surface area contributed by atoms with Crippen LogP contribution in [-0.4, -0.2) is 36.3 Å². The van der Waals surface area contributed by atoms with Gasteiger partial charge >= 0.3 is 0 Å². The van der Waals surface area contributed by atoms with E-state index >= 15 is 0 Å². The molecule has 1 aromatic heterocycles. The highest BCUT2D eigenvalue weighted by molar-refractivity contribution is 7.14. The molecule has 2 amide bonds. The molecule has 5 nitrogen and oxygen atoms in total. The first kappa shape index (κ1) is 13.6. The van der Waals surface area contributed by atoms with Crippen LogP contribution in [0.2, 0.25) is 0 Å². The number of hydrogen-bond donors (Lipinski definition) is 2. The third kappa shape index (κ3) is 2.33. The SMILES string of the molecule is CNC(=O)c1ccc(C(N)C2CN2C(=O)C2CCC2)s1. The number of rotatable bonds is 4. The Bertz CT molecular complexity index is 538. The molecule has 2 aliphatic rings. The summed E-state index contributed by atoms with van der Waals surface area (Å²) in [5.41, 5.74) is 6.23. The van der Waals surface area contributed by atoms with Crippen LogP contribution in [0, 0.1) is 5.92 Å². The molecule has 1 aromatic rings. The fourth-order valence-electron chi connectivity index (χ4n) is 2.57.